The van der Waals surface area contributed by atoms with Crippen molar-refractivity contribution < 1.29 is 13.6 Å². The first-order valence-electron chi connectivity index (χ1n) is 8.58. The Morgan fingerprint density at radius 1 is 1.21 bits per heavy atom. The number of carbonyl (C=O) groups excluding carboxylic acids is 1. The average Bonchev–Trinajstić information content (AvgIpc) is 2.53. The van der Waals surface area contributed by atoms with Gasteiger partial charge < -0.3 is 9.80 Å². The topological polar surface area (TPSA) is 49.3 Å². The van der Waals surface area contributed by atoms with Gasteiger partial charge in [0, 0.05) is 50.8 Å². The van der Waals surface area contributed by atoms with Gasteiger partial charge in [0.15, 0.2) is 0 Å². The van der Waals surface area contributed by atoms with Gasteiger partial charge in [0.05, 0.1) is 5.92 Å². The maximum absolute atomic E-state index is 13.3. The quantitative estimate of drug-likeness (QED) is 0.832. The fourth-order valence-corrected chi connectivity index (χ4v) is 3.56. The Balaban J connectivity index is 1.66. The number of anilines is 1. The van der Waals surface area contributed by atoms with Crippen molar-refractivity contribution in [2.24, 2.45) is 5.92 Å². The summed E-state index contributed by atoms with van der Waals surface area (Å²) < 4.78 is 26.6. The number of likely N-dealkylation sites (tertiary alicyclic amines) is 1. The van der Waals surface area contributed by atoms with Crippen molar-refractivity contribution in [1.82, 2.24) is 14.9 Å². The highest BCUT2D eigenvalue weighted by Crippen LogP contribution is 2.30. The minimum atomic E-state index is -2.62. The summed E-state index contributed by atoms with van der Waals surface area (Å²) in [5, 5.41) is 0. The zero-order valence-corrected chi connectivity index (χ0v) is 14.3. The predicted molar refractivity (Wildman–Crippen MR) is 87.2 cm³/mol. The zero-order valence-electron chi connectivity index (χ0n) is 14.3. The summed E-state index contributed by atoms with van der Waals surface area (Å²) in [6, 6.07) is 1.93. The molecule has 5 nitrogen and oxygen atoms in total. The molecular formula is C17H24F2N4O. The van der Waals surface area contributed by atoms with E-state index in [9.17, 15) is 13.6 Å². The third-order valence-electron chi connectivity index (χ3n) is 4.85. The van der Waals surface area contributed by atoms with Gasteiger partial charge in [-0.15, -0.1) is 0 Å². The maximum Gasteiger partial charge on any atom is 0.251 e. The smallest absolute Gasteiger partial charge is 0.251 e. The van der Waals surface area contributed by atoms with Crippen LogP contribution in [0.2, 0.25) is 0 Å². The lowest BCUT2D eigenvalue weighted by atomic mass is 9.95. The first-order chi connectivity index (χ1) is 11.3. The Morgan fingerprint density at radius 3 is 2.58 bits per heavy atom. The number of rotatable bonds is 2. The molecule has 0 aromatic carbocycles. The molecular weight excluding hydrogens is 314 g/mol. The highest BCUT2D eigenvalue weighted by molar-refractivity contribution is 5.80. The molecule has 2 aliphatic rings. The molecule has 0 radical (unpaired) electrons. The number of alkyl halides is 2. The Labute approximate surface area is 141 Å². The fourth-order valence-electron chi connectivity index (χ4n) is 3.56. The van der Waals surface area contributed by atoms with E-state index >= 15 is 0 Å². The van der Waals surface area contributed by atoms with Crippen molar-refractivity contribution in [2.45, 2.75) is 45.5 Å². The van der Waals surface area contributed by atoms with Crippen LogP contribution in [0.5, 0.6) is 0 Å². The Kier molecular flexibility index (Phi) is 4.69. The first-order valence-corrected chi connectivity index (χ1v) is 8.58. The van der Waals surface area contributed by atoms with Crippen molar-refractivity contribution in [3.8, 4) is 0 Å². The summed E-state index contributed by atoms with van der Waals surface area (Å²) in [7, 11) is 0. The van der Waals surface area contributed by atoms with Gasteiger partial charge in [-0.05, 0) is 26.7 Å². The molecule has 0 saturated carbocycles. The summed E-state index contributed by atoms with van der Waals surface area (Å²) in [6.45, 7) is 5.57. The second-order valence-corrected chi connectivity index (χ2v) is 6.88. The van der Waals surface area contributed by atoms with E-state index in [0.717, 1.165) is 36.7 Å². The summed E-state index contributed by atoms with van der Waals surface area (Å²) >= 11 is 0. The predicted octanol–water partition coefficient (Wildman–Crippen LogP) is 2.57. The van der Waals surface area contributed by atoms with Crippen molar-refractivity contribution >= 4 is 11.7 Å². The summed E-state index contributed by atoms with van der Waals surface area (Å²) in [4.78, 5) is 25.2. The van der Waals surface area contributed by atoms with E-state index in [0.29, 0.717) is 6.54 Å². The van der Waals surface area contributed by atoms with Crippen LogP contribution < -0.4 is 4.90 Å². The monoisotopic (exact) mass is 338 g/mol. The molecule has 0 bridgehead atoms. The van der Waals surface area contributed by atoms with Crippen LogP contribution in [0.25, 0.3) is 0 Å². The lowest BCUT2D eigenvalue weighted by Crippen LogP contribution is -2.49. The SMILES string of the molecule is Cc1cc(N2CCCC(C(=O)N3CCC(F)(F)CC3)C2)nc(C)n1. The van der Waals surface area contributed by atoms with Crippen LogP contribution in [-0.4, -0.2) is 52.9 Å². The van der Waals surface area contributed by atoms with Crippen LogP contribution in [0.1, 0.15) is 37.2 Å². The molecule has 0 aliphatic carbocycles. The molecule has 1 atom stereocenters. The summed E-state index contributed by atoms with van der Waals surface area (Å²) in [5.41, 5.74) is 0.907. The number of carbonyl (C=O) groups is 1. The van der Waals surface area contributed by atoms with Crippen LogP contribution in [-0.2, 0) is 4.79 Å². The lowest BCUT2D eigenvalue weighted by Gasteiger charge is -2.38. The largest absolute Gasteiger partial charge is 0.356 e. The molecule has 24 heavy (non-hydrogen) atoms. The number of halogens is 2. The molecule has 2 saturated heterocycles. The van der Waals surface area contributed by atoms with E-state index < -0.39 is 5.92 Å². The maximum atomic E-state index is 13.3. The van der Waals surface area contributed by atoms with Gasteiger partial charge in [0.1, 0.15) is 11.6 Å². The van der Waals surface area contributed by atoms with Crippen LogP contribution >= 0.6 is 0 Å². The van der Waals surface area contributed by atoms with Gasteiger partial charge in [-0.3, -0.25) is 4.79 Å². The van der Waals surface area contributed by atoms with Crippen LogP contribution in [0.4, 0.5) is 14.6 Å². The van der Waals surface area contributed by atoms with Crippen LogP contribution in [0.15, 0.2) is 6.07 Å². The number of hydrogen-bond donors (Lipinski definition) is 0. The normalized spacial score (nSPS) is 24.1. The Morgan fingerprint density at radius 2 is 1.92 bits per heavy atom. The molecule has 2 fully saturated rings. The molecule has 2 aliphatic heterocycles. The van der Waals surface area contributed by atoms with Crippen molar-refractivity contribution in [1.29, 1.82) is 0 Å². The number of piperidine rings is 2. The van der Waals surface area contributed by atoms with Crippen LogP contribution in [0, 0.1) is 19.8 Å². The molecule has 1 aromatic rings. The minimum Gasteiger partial charge on any atom is -0.356 e. The van der Waals surface area contributed by atoms with Gasteiger partial charge in [-0.25, -0.2) is 18.7 Å². The summed E-state index contributed by atoms with van der Waals surface area (Å²) in [5.74, 6) is -1.18. The number of hydrogen-bond acceptors (Lipinski definition) is 4. The lowest BCUT2D eigenvalue weighted by molar-refractivity contribution is -0.141. The highest BCUT2D eigenvalue weighted by atomic mass is 19.3. The Hall–Kier alpha value is -1.79. The molecule has 1 unspecified atom stereocenters. The molecule has 0 spiro atoms. The zero-order chi connectivity index (χ0) is 17.3. The third-order valence-corrected chi connectivity index (χ3v) is 4.85. The van der Waals surface area contributed by atoms with Gasteiger partial charge in [-0.2, -0.15) is 0 Å². The molecule has 1 aromatic heterocycles. The van der Waals surface area contributed by atoms with Gasteiger partial charge in [-0.1, -0.05) is 0 Å². The molecule has 0 N–H and O–H groups in total. The highest BCUT2D eigenvalue weighted by Gasteiger charge is 2.38. The van der Waals surface area contributed by atoms with E-state index in [2.05, 4.69) is 14.9 Å². The third kappa shape index (κ3) is 3.82. The van der Waals surface area contributed by atoms with E-state index in [1.54, 1.807) is 4.90 Å². The first kappa shape index (κ1) is 17.0. The van der Waals surface area contributed by atoms with Gasteiger partial charge in [0.2, 0.25) is 5.91 Å². The standard InChI is InChI=1S/C17H24F2N4O/c1-12-10-15(21-13(2)20-12)23-7-3-4-14(11-23)16(24)22-8-5-17(18,19)6-9-22/h10,14H,3-9,11H2,1-2H3. The minimum absolute atomic E-state index is 0.0118. The van der Waals surface area contributed by atoms with Gasteiger partial charge >= 0.3 is 0 Å². The van der Waals surface area contributed by atoms with Crippen molar-refractivity contribution in [3.05, 3.63) is 17.6 Å². The molecule has 1 amide bonds. The van der Waals surface area contributed by atoms with Crippen molar-refractivity contribution in [2.75, 3.05) is 31.1 Å². The summed E-state index contributed by atoms with van der Waals surface area (Å²) in [6.07, 6.45) is 1.27. The fraction of sp³-hybridized carbons (Fsp3) is 0.706. The molecule has 7 heteroatoms. The van der Waals surface area contributed by atoms with Crippen molar-refractivity contribution in [3.63, 3.8) is 0 Å². The van der Waals surface area contributed by atoms with E-state index in [1.165, 1.54) is 0 Å². The molecule has 3 rings (SSSR count). The van der Waals surface area contributed by atoms with E-state index in [1.807, 2.05) is 19.9 Å². The average molecular weight is 338 g/mol. The number of aryl methyl sites for hydroxylation is 2. The van der Waals surface area contributed by atoms with E-state index in [4.69, 9.17) is 0 Å². The number of amides is 1. The Bertz CT molecular complexity index is 592. The second kappa shape index (κ2) is 6.61. The second-order valence-electron chi connectivity index (χ2n) is 6.88. The van der Waals surface area contributed by atoms with Gasteiger partial charge in [0.25, 0.3) is 5.92 Å². The van der Waals surface area contributed by atoms with Crippen LogP contribution in [0.3, 0.4) is 0 Å². The number of nitrogens with zero attached hydrogens (tertiary/aromatic N) is 4. The molecule has 3 heterocycles. The van der Waals surface area contributed by atoms with E-state index in [-0.39, 0.29) is 37.8 Å². The number of aromatic nitrogens is 2. The molecule has 132 valence electrons.